The Morgan fingerprint density at radius 1 is 1.13 bits per heavy atom. The molecule has 1 fully saturated rings. The van der Waals surface area contributed by atoms with Gasteiger partial charge in [0.05, 0.1) is 17.9 Å². The van der Waals surface area contributed by atoms with Crippen molar-refractivity contribution < 1.29 is 4.74 Å². The Bertz CT molecular complexity index is 1240. The van der Waals surface area contributed by atoms with Gasteiger partial charge < -0.3 is 9.72 Å². The van der Waals surface area contributed by atoms with Crippen LogP contribution in [0.15, 0.2) is 53.6 Å². The fourth-order valence-corrected chi connectivity index (χ4v) is 3.99. The first-order chi connectivity index (χ1) is 14.7. The van der Waals surface area contributed by atoms with Crippen molar-refractivity contribution in [3.05, 3.63) is 76.1 Å². The molecule has 0 aliphatic carbocycles. The second-order valence-electron chi connectivity index (χ2n) is 7.74. The number of hydrogen-bond donors (Lipinski definition) is 1. The quantitative estimate of drug-likeness (QED) is 0.566. The highest BCUT2D eigenvalue weighted by Crippen LogP contribution is 2.25. The number of H-pyrrole nitrogens is 1. The lowest BCUT2D eigenvalue weighted by atomic mass is 10.0. The summed E-state index contributed by atoms with van der Waals surface area (Å²) >= 11 is 0. The molecule has 3 aromatic heterocycles. The van der Waals surface area contributed by atoms with E-state index in [2.05, 4.69) is 33.3 Å². The molecular formula is C23H23N5O2. The van der Waals surface area contributed by atoms with E-state index in [1.54, 1.807) is 6.20 Å². The summed E-state index contributed by atoms with van der Waals surface area (Å²) in [5.41, 5.74) is 4.62. The van der Waals surface area contributed by atoms with Crippen LogP contribution in [-0.2, 0) is 11.2 Å². The van der Waals surface area contributed by atoms with Crippen LogP contribution in [0.1, 0.15) is 35.8 Å². The lowest BCUT2D eigenvalue weighted by Crippen LogP contribution is -2.21. The second-order valence-corrected chi connectivity index (χ2v) is 7.74. The van der Waals surface area contributed by atoms with Gasteiger partial charge in [-0.2, -0.15) is 5.10 Å². The third-order valence-corrected chi connectivity index (χ3v) is 5.61. The molecule has 152 valence electrons. The molecule has 0 bridgehead atoms. The van der Waals surface area contributed by atoms with Gasteiger partial charge in [0.1, 0.15) is 11.2 Å². The molecule has 7 heteroatoms. The number of aromatic nitrogens is 5. The van der Waals surface area contributed by atoms with Crippen LogP contribution in [-0.4, -0.2) is 37.9 Å². The lowest BCUT2D eigenvalue weighted by Gasteiger charge is -2.22. The Morgan fingerprint density at radius 2 is 1.97 bits per heavy atom. The number of rotatable bonds is 4. The van der Waals surface area contributed by atoms with E-state index in [4.69, 9.17) is 9.72 Å². The molecule has 0 atom stereocenters. The van der Waals surface area contributed by atoms with Crippen LogP contribution in [0.5, 0.6) is 0 Å². The fourth-order valence-electron chi connectivity index (χ4n) is 3.99. The van der Waals surface area contributed by atoms with Gasteiger partial charge in [0.2, 0.25) is 0 Å². The van der Waals surface area contributed by atoms with Crippen LogP contribution >= 0.6 is 0 Å². The predicted octanol–water partition coefficient (Wildman–Crippen LogP) is 3.43. The monoisotopic (exact) mass is 401 g/mol. The van der Waals surface area contributed by atoms with E-state index < -0.39 is 0 Å². The minimum atomic E-state index is -0.153. The molecule has 0 amide bonds. The zero-order valence-electron chi connectivity index (χ0n) is 16.8. The van der Waals surface area contributed by atoms with Gasteiger partial charge in [0.15, 0.2) is 5.65 Å². The number of aryl methyl sites for hydroxylation is 1. The third-order valence-electron chi connectivity index (χ3n) is 5.61. The Kier molecular flexibility index (Phi) is 4.88. The van der Waals surface area contributed by atoms with Gasteiger partial charge in [-0.25, -0.2) is 9.67 Å². The van der Waals surface area contributed by atoms with E-state index in [-0.39, 0.29) is 11.6 Å². The van der Waals surface area contributed by atoms with Crippen molar-refractivity contribution in [2.24, 2.45) is 0 Å². The zero-order chi connectivity index (χ0) is 20.5. The average molecular weight is 401 g/mol. The maximum atomic E-state index is 12.7. The maximum Gasteiger partial charge on any atom is 0.262 e. The van der Waals surface area contributed by atoms with Crippen LogP contribution in [0.2, 0.25) is 0 Å². The van der Waals surface area contributed by atoms with E-state index >= 15 is 0 Å². The van der Waals surface area contributed by atoms with Crippen molar-refractivity contribution >= 4 is 11.0 Å². The molecule has 5 rings (SSSR count). The van der Waals surface area contributed by atoms with Gasteiger partial charge in [-0.05, 0) is 37.0 Å². The van der Waals surface area contributed by atoms with Gasteiger partial charge in [0.25, 0.3) is 5.56 Å². The number of pyridine rings is 1. The summed E-state index contributed by atoms with van der Waals surface area (Å²) < 4.78 is 7.36. The fraction of sp³-hybridized carbons (Fsp3) is 0.304. The Balaban J connectivity index is 1.53. The Labute approximate surface area is 173 Å². The van der Waals surface area contributed by atoms with Crippen molar-refractivity contribution in [2.75, 3.05) is 13.2 Å². The molecule has 1 aliphatic rings. The van der Waals surface area contributed by atoms with Gasteiger partial charge in [-0.1, -0.05) is 30.3 Å². The summed E-state index contributed by atoms with van der Waals surface area (Å²) in [5, 5.41) is 5.00. The van der Waals surface area contributed by atoms with Crippen molar-refractivity contribution in [2.45, 2.75) is 32.2 Å². The van der Waals surface area contributed by atoms with Gasteiger partial charge in [0, 0.05) is 31.4 Å². The van der Waals surface area contributed by atoms with Crippen LogP contribution < -0.4 is 5.56 Å². The van der Waals surface area contributed by atoms with Crippen LogP contribution in [0.4, 0.5) is 0 Å². The van der Waals surface area contributed by atoms with E-state index in [0.29, 0.717) is 36.5 Å². The van der Waals surface area contributed by atoms with E-state index in [9.17, 15) is 4.79 Å². The SMILES string of the molecule is Cc1ccc(-c2ccccc2Cc2nc3c(cnn3C3CCOCC3)c(=O)[nH]2)nc1. The Hall–Kier alpha value is -3.32. The minimum Gasteiger partial charge on any atom is -0.381 e. The topological polar surface area (TPSA) is 85.7 Å². The van der Waals surface area contributed by atoms with Crippen molar-refractivity contribution in [1.82, 2.24) is 24.7 Å². The summed E-state index contributed by atoms with van der Waals surface area (Å²) in [4.78, 5) is 25.0. The number of ether oxygens (including phenoxy) is 1. The molecule has 4 heterocycles. The number of nitrogens with zero attached hydrogens (tertiary/aromatic N) is 4. The standard InChI is InChI=1S/C23H23N5O2/c1-15-6-7-20(24-13-15)18-5-3-2-4-16(18)12-21-26-22-19(23(29)27-21)14-25-28(22)17-8-10-30-11-9-17/h2-7,13-14,17H,8-12H2,1H3,(H,26,27,29). The smallest absolute Gasteiger partial charge is 0.262 e. The third kappa shape index (κ3) is 3.52. The highest BCUT2D eigenvalue weighted by atomic mass is 16.5. The molecule has 1 aromatic carbocycles. The zero-order valence-corrected chi connectivity index (χ0v) is 16.8. The molecule has 0 unspecified atom stereocenters. The largest absolute Gasteiger partial charge is 0.381 e. The molecule has 0 spiro atoms. The minimum absolute atomic E-state index is 0.153. The second kappa shape index (κ2) is 7.84. The number of aromatic amines is 1. The van der Waals surface area contributed by atoms with E-state index in [1.807, 2.05) is 36.0 Å². The first kappa shape index (κ1) is 18.7. The molecule has 30 heavy (non-hydrogen) atoms. The van der Waals surface area contributed by atoms with E-state index in [0.717, 1.165) is 35.2 Å². The first-order valence-electron chi connectivity index (χ1n) is 10.2. The average Bonchev–Trinajstić information content (AvgIpc) is 3.20. The number of benzene rings is 1. The molecule has 1 saturated heterocycles. The molecule has 1 aliphatic heterocycles. The highest BCUT2D eigenvalue weighted by Gasteiger charge is 2.21. The van der Waals surface area contributed by atoms with Crippen LogP contribution in [0.25, 0.3) is 22.3 Å². The summed E-state index contributed by atoms with van der Waals surface area (Å²) in [6.45, 7) is 3.44. The van der Waals surface area contributed by atoms with Crippen LogP contribution in [0.3, 0.4) is 0 Å². The van der Waals surface area contributed by atoms with Gasteiger partial charge in [-0.3, -0.25) is 9.78 Å². The van der Waals surface area contributed by atoms with Crippen molar-refractivity contribution in [1.29, 1.82) is 0 Å². The number of fused-ring (bicyclic) bond motifs is 1. The molecule has 0 saturated carbocycles. The molecule has 4 aromatic rings. The van der Waals surface area contributed by atoms with Crippen molar-refractivity contribution in [3.8, 4) is 11.3 Å². The highest BCUT2D eigenvalue weighted by molar-refractivity contribution is 5.73. The van der Waals surface area contributed by atoms with Gasteiger partial charge in [-0.15, -0.1) is 0 Å². The van der Waals surface area contributed by atoms with Gasteiger partial charge >= 0.3 is 0 Å². The summed E-state index contributed by atoms with van der Waals surface area (Å²) in [7, 11) is 0. The molecular weight excluding hydrogens is 378 g/mol. The number of hydrogen-bond acceptors (Lipinski definition) is 5. The maximum absolute atomic E-state index is 12.7. The summed E-state index contributed by atoms with van der Waals surface area (Å²) in [6, 6.07) is 12.4. The van der Waals surface area contributed by atoms with E-state index in [1.165, 1.54) is 0 Å². The van der Waals surface area contributed by atoms with Crippen molar-refractivity contribution in [3.63, 3.8) is 0 Å². The first-order valence-corrected chi connectivity index (χ1v) is 10.2. The molecule has 1 N–H and O–H groups in total. The molecule has 0 radical (unpaired) electrons. The predicted molar refractivity (Wildman–Crippen MR) is 114 cm³/mol. The molecule has 7 nitrogen and oxygen atoms in total. The summed E-state index contributed by atoms with van der Waals surface area (Å²) in [5.74, 6) is 0.626. The normalized spacial score (nSPS) is 15.0. The van der Waals surface area contributed by atoms with Crippen LogP contribution in [0, 0.1) is 6.92 Å². The summed E-state index contributed by atoms with van der Waals surface area (Å²) in [6.07, 6.45) is 5.75. The lowest BCUT2D eigenvalue weighted by molar-refractivity contribution is 0.0673. The Morgan fingerprint density at radius 3 is 2.77 bits per heavy atom. The number of nitrogens with one attached hydrogen (secondary N) is 1.